The van der Waals surface area contributed by atoms with Crippen LogP contribution in [-0.4, -0.2) is 6.29 Å². The lowest BCUT2D eigenvalue weighted by atomic mass is 10.2. The lowest BCUT2D eigenvalue weighted by molar-refractivity contribution is 0.112. The smallest absolute Gasteiger partial charge is 0.150 e. The third-order valence-electron chi connectivity index (χ3n) is 2.52. The number of carbonyl (C=O) groups is 1. The molecule has 0 atom stereocenters. The number of rotatable bonds is 4. The summed E-state index contributed by atoms with van der Waals surface area (Å²) in [4.78, 5) is 10.7. The highest BCUT2D eigenvalue weighted by Gasteiger charge is 2.09. The zero-order chi connectivity index (χ0) is 14.7. The molecule has 0 amide bonds. The SMILES string of the molecule is O=Cc1cc(Br)c(OCc2ccc(F)c(Br)c2)c(Br)c1. The van der Waals surface area contributed by atoms with Gasteiger partial charge in [-0.2, -0.15) is 0 Å². The fourth-order valence-electron chi connectivity index (χ4n) is 1.57. The summed E-state index contributed by atoms with van der Waals surface area (Å²) in [6.45, 7) is 0.288. The van der Waals surface area contributed by atoms with Gasteiger partial charge < -0.3 is 4.74 Å². The Morgan fingerprint density at radius 1 is 1.05 bits per heavy atom. The molecule has 0 spiro atoms. The van der Waals surface area contributed by atoms with Gasteiger partial charge in [0.1, 0.15) is 24.5 Å². The van der Waals surface area contributed by atoms with Gasteiger partial charge in [0.2, 0.25) is 0 Å². The van der Waals surface area contributed by atoms with Crippen LogP contribution in [-0.2, 0) is 6.61 Å². The molecule has 2 rings (SSSR count). The molecule has 20 heavy (non-hydrogen) atoms. The first kappa shape index (κ1) is 15.7. The summed E-state index contributed by atoms with van der Waals surface area (Å²) in [6.07, 6.45) is 0.760. The number of aldehydes is 1. The largest absolute Gasteiger partial charge is 0.487 e. The number of ether oxygens (including phenoxy) is 1. The predicted molar refractivity (Wildman–Crippen MR) is 85.7 cm³/mol. The predicted octanol–water partition coefficient (Wildman–Crippen LogP) is 5.50. The molecule has 0 aromatic heterocycles. The van der Waals surface area contributed by atoms with Crippen molar-refractivity contribution in [3.05, 3.63) is 60.7 Å². The highest BCUT2D eigenvalue weighted by molar-refractivity contribution is 9.11. The standard InChI is InChI=1S/C14H8Br3FO2/c15-10-3-8(1-2-13(10)18)7-20-14-11(16)4-9(6-19)5-12(14)17/h1-6H,7H2. The molecule has 0 bridgehead atoms. The van der Waals surface area contributed by atoms with Crippen LogP contribution >= 0.6 is 47.8 Å². The van der Waals surface area contributed by atoms with E-state index < -0.39 is 0 Å². The van der Waals surface area contributed by atoms with Gasteiger partial charge in [0.25, 0.3) is 0 Å². The topological polar surface area (TPSA) is 26.3 Å². The lowest BCUT2D eigenvalue weighted by Gasteiger charge is -2.11. The molecule has 0 N–H and O–H groups in total. The van der Waals surface area contributed by atoms with Crippen molar-refractivity contribution in [1.82, 2.24) is 0 Å². The normalized spacial score (nSPS) is 10.4. The second-order valence-corrected chi connectivity index (χ2v) is 6.53. The van der Waals surface area contributed by atoms with Gasteiger partial charge in [0.05, 0.1) is 13.4 Å². The van der Waals surface area contributed by atoms with E-state index in [-0.39, 0.29) is 12.4 Å². The molecule has 0 radical (unpaired) electrons. The van der Waals surface area contributed by atoms with E-state index >= 15 is 0 Å². The Kier molecular flexibility index (Phi) is 5.35. The fourth-order valence-corrected chi connectivity index (χ4v) is 3.45. The van der Waals surface area contributed by atoms with E-state index in [1.165, 1.54) is 6.07 Å². The second kappa shape index (κ2) is 6.83. The van der Waals surface area contributed by atoms with Crippen molar-refractivity contribution in [2.24, 2.45) is 0 Å². The van der Waals surface area contributed by atoms with Gasteiger partial charge in [-0.1, -0.05) is 6.07 Å². The molecule has 0 aliphatic rings. The summed E-state index contributed by atoms with van der Waals surface area (Å²) in [5, 5.41) is 0. The summed E-state index contributed by atoms with van der Waals surface area (Å²) < 4.78 is 20.6. The molecule has 6 heteroatoms. The molecule has 2 aromatic carbocycles. The van der Waals surface area contributed by atoms with E-state index in [0.717, 1.165) is 11.8 Å². The number of hydrogen-bond acceptors (Lipinski definition) is 2. The van der Waals surface area contributed by atoms with Crippen LogP contribution in [0.25, 0.3) is 0 Å². The molecule has 0 saturated carbocycles. The van der Waals surface area contributed by atoms with Gasteiger partial charge in [-0.05, 0) is 77.6 Å². The maximum atomic E-state index is 13.1. The van der Waals surface area contributed by atoms with Crippen LogP contribution in [0, 0.1) is 5.82 Å². The molecule has 0 unspecified atom stereocenters. The average molecular weight is 467 g/mol. The van der Waals surface area contributed by atoms with Crippen molar-refractivity contribution >= 4 is 54.1 Å². The van der Waals surface area contributed by atoms with Crippen molar-refractivity contribution in [2.75, 3.05) is 0 Å². The quantitative estimate of drug-likeness (QED) is 0.556. The van der Waals surface area contributed by atoms with Crippen LogP contribution in [0.4, 0.5) is 4.39 Å². The van der Waals surface area contributed by atoms with Crippen molar-refractivity contribution in [3.8, 4) is 5.75 Å². The van der Waals surface area contributed by atoms with Crippen molar-refractivity contribution in [2.45, 2.75) is 6.61 Å². The Hall–Kier alpha value is -0.720. The highest BCUT2D eigenvalue weighted by atomic mass is 79.9. The van der Waals surface area contributed by atoms with Crippen LogP contribution in [0.1, 0.15) is 15.9 Å². The first-order valence-corrected chi connectivity index (χ1v) is 7.90. The Balaban J connectivity index is 2.18. The number of benzene rings is 2. The minimum absolute atomic E-state index is 0.288. The first-order valence-electron chi connectivity index (χ1n) is 5.52. The lowest BCUT2D eigenvalue weighted by Crippen LogP contribution is -1.98. The molecule has 0 aliphatic heterocycles. The third kappa shape index (κ3) is 3.68. The van der Waals surface area contributed by atoms with Gasteiger partial charge in [-0.3, -0.25) is 4.79 Å². The molecule has 0 aliphatic carbocycles. The van der Waals surface area contributed by atoms with Gasteiger partial charge in [-0.25, -0.2) is 4.39 Å². The van der Waals surface area contributed by atoms with Crippen molar-refractivity contribution < 1.29 is 13.9 Å². The Bertz CT molecular complexity index is 636. The van der Waals surface area contributed by atoms with Crippen LogP contribution in [0.5, 0.6) is 5.75 Å². The Morgan fingerprint density at radius 2 is 1.70 bits per heavy atom. The minimum Gasteiger partial charge on any atom is -0.487 e. The maximum Gasteiger partial charge on any atom is 0.150 e. The number of carbonyl (C=O) groups excluding carboxylic acids is 1. The molecular weight excluding hydrogens is 459 g/mol. The summed E-state index contributed by atoms with van der Waals surface area (Å²) in [5.41, 5.74) is 1.37. The summed E-state index contributed by atoms with van der Waals surface area (Å²) in [6, 6.07) is 8.04. The van der Waals surface area contributed by atoms with Crippen LogP contribution in [0.2, 0.25) is 0 Å². The van der Waals surface area contributed by atoms with Crippen LogP contribution in [0.3, 0.4) is 0 Å². The van der Waals surface area contributed by atoms with E-state index in [4.69, 9.17) is 4.74 Å². The van der Waals surface area contributed by atoms with Crippen LogP contribution < -0.4 is 4.74 Å². The molecule has 0 saturated heterocycles. The zero-order valence-electron chi connectivity index (χ0n) is 10.00. The zero-order valence-corrected chi connectivity index (χ0v) is 14.8. The van der Waals surface area contributed by atoms with Gasteiger partial charge >= 0.3 is 0 Å². The number of hydrogen-bond donors (Lipinski definition) is 0. The fraction of sp³-hybridized carbons (Fsp3) is 0.0714. The Labute approximate surface area is 140 Å². The van der Waals surface area contributed by atoms with Gasteiger partial charge in [0, 0.05) is 5.56 Å². The molecule has 2 aromatic rings. The summed E-state index contributed by atoms with van der Waals surface area (Å²) in [5.74, 6) is 0.280. The van der Waals surface area contributed by atoms with E-state index in [1.54, 1.807) is 24.3 Å². The number of halogens is 4. The summed E-state index contributed by atoms with van der Waals surface area (Å²) in [7, 11) is 0. The Morgan fingerprint density at radius 3 is 2.25 bits per heavy atom. The second-order valence-electron chi connectivity index (χ2n) is 3.97. The van der Waals surface area contributed by atoms with E-state index in [9.17, 15) is 9.18 Å². The summed E-state index contributed by atoms with van der Waals surface area (Å²) >= 11 is 9.84. The maximum absolute atomic E-state index is 13.1. The van der Waals surface area contributed by atoms with Crippen molar-refractivity contribution in [3.63, 3.8) is 0 Å². The van der Waals surface area contributed by atoms with Crippen LogP contribution in [0.15, 0.2) is 43.7 Å². The minimum atomic E-state index is -0.313. The first-order chi connectivity index (χ1) is 9.51. The average Bonchev–Trinajstić information content (AvgIpc) is 2.41. The molecule has 0 heterocycles. The molecule has 104 valence electrons. The molecule has 0 fully saturated rings. The highest BCUT2D eigenvalue weighted by Crippen LogP contribution is 2.35. The van der Waals surface area contributed by atoms with E-state index in [0.29, 0.717) is 24.7 Å². The molecular formula is C14H8Br3FO2. The van der Waals surface area contributed by atoms with Gasteiger partial charge in [-0.15, -0.1) is 0 Å². The van der Waals surface area contributed by atoms with Gasteiger partial charge in [0.15, 0.2) is 0 Å². The molecule has 2 nitrogen and oxygen atoms in total. The van der Waals surface area contributed by atoms with E-state index in [2.05, 4.69) is 47.8 Å². The third-order valence-corrected chi connectivity index (χ3v) is 4.31. The monoisotopic (exact) mass is 464 g/mol. The van der Waals surface area contributed by atoms with Crippen molar-refractivity contribution in [1.29, 1.82) is 0 Å². The van der Waals surface area contributed by atoms with E-state index in [1.807, 2.05) is 0 Å².